The first-order chi connectivity index (χ1) is 12.5. The fourth-order valence-corrected chi connectivity index (χ4v) is 3.45. The summed E-state index contributed by atoms with van der Waals surface area (Å²) >= 11 is 0. The normalized spacial score (nSPS) is 19.7. The van der Waals surface area contributed by atoms with Crippen LogP contribution in [0.4, 0.5) is 4.39 Å². The van der Waals surface area contributed by atoms with Crippen molar-refractivity contribution in [2.24, 2.45) is 10.7 Å². The molecule has 1 aromatic heterocycles. The van der Waals surface area contributed by atoms with Gasteiger partial charge in [-0.25, -0.2) is 9.38 Å². The van der Waals surface area contributed by atoms with Crippen LogP contribution in [-0.4, -0.2) is 39.3 Å². The molecule has 0 bridgehead atoms. The minimum Gasteiger partial charge on any atom is -0.342 e. The Morgan fingerprint density at radius 3 is 2.73 bits per heavy atom. The van der Waals surface area contributed by atoms with Gasteiger partial charge in [-0.15, -0.1) is 0 Å². The van der Waals surface area contributed by atoms with Gasteiger partial charge in [0.15, 0.2) is 6.29 Å². The van der Waals surface area contributed by atoms with Gasteiger partial charge in [-0.05, 0) is 44.2 Å². The Balaban J connectivity index is 1.83. The highest BCUT2D eigenvalue weighted by atomic mass is 19.1. The molecule has 4 rings (SSSR count). The minimum atomic E-state index is -0.428. The summed E-state index contributed by atoms with van der Waals surface area (Å²) in [4.78, 5) is 6.73. The van der Waals surface area contributed by atoms with E-state index in [1.54, 1.807) is 12.1 Å². The summed E-state index contributed by atoms with van der Waals surface area (Å²) in [5.41, 5.74) is 10.8. The molecule has 0 amide bonds. The molecule has 0 saturated carbocycles. The van der Waals surface area contributed by atoms with Gasteiger partial charge in [-0.3, -0.25) is 10.4 Å². The molecule has 2 aromatic rings. The van der Waals surface area contributed by atoms with E-state index in [1.807, 2.05) is 21.9 Å². The lowest BCUT2D eigenvalue weighted by molar-refractivity contribution is 0.235. The Morgan fingerprint density at radius 2 is 2.04 bits per heavy atom. The van der Waals surface area contributed by atoms with Crippen LogP contribution in [0.3, 0.4) is 0 Å². The number of aromatic nitrogens is 2. The van der Waals surface area contributed by atoms with Gasteiger partial charge >= 0.3 is 0 Å². The van der Waals surface area contributed by atoms with E-state index < -0.39 is 6.29 Å². The van der Waals surface area contributed by atoms with Crippen molar-refractivity contribution in [2.75, 3.05) is 6.54 Å². The lowest BCUT2D eigenvalue weighted by Crippen LogP contribution is -2.43. The molecule has 6 nitrogen and oxygen atoms in total. The smallest absolute Gasteiger partial charge is 0.174 e. The van der Waals surface area contributed by atoms with Gasteiger partial charge in [0.1, 0.15) is 11.5 Å². The van der Waals surface area contributed by atoms with Crippen LogP contribution < -0.4 is 11.1 Å². The first-order valence-electron chi connectivity index (χ1n) is 8.90. The van der Waals surface area contributed by atoms with Crippen LogP contribution in [0.1, 0.15) is 25.1 Å². The molecule has 0 radical (unpaired) electrons. The molecule has 3 N–H and O–H groups in total. The Kier molecular flexibility index (Phi) is 4.34. The van der Waals surface area contributed by atoms with Gasteiger partial charge in [0.25, 0.3) is 0 Å². The second-order valence-corrected chi connectivity index (χ2v) is 6.86. The average Bonchev–Trinajstić information content (AvgIpc) is 3.01. The van der Waals surface area contributed by atoms with Crippen molar-refractivity contribution in [3.8, 4) is 11.3 Å². The number of halogens is 1. The summed E-state index contributed by atoms with van der Waals surface area (Å²) in [6.45, 7) is 6.56. The van der Waals surface area contributed by atoms with E-state index >= 15 is 0 Å². The molecule has 0 spiro atoms. The second-order valence-electron chi connectivity index (χ2n) is 6.86. The highest BCUT2D eigenvalue weighted by molar-refractivity contribution is 6.13. The van der Waals surface area contributed by atoms with Crippen molar-refractivity contribution < 1.29 is 4.39 Å². The Hall–Kier alpha value is -2.51. The van der Waals surface area contributed by atoms with E-state index in [9.17, 15) is 4.39 Å². The summed E-state index contributed by atoms with van der Waals surface area (Å²) in [7, 11) is 0. The number of nitrogens with one attached hydrogen (secondary N) is 1. The molecule has 2 aliphatic heterocycles. The molecule has 1 atom stereocenters. The summed E-state index contributed by atoms with van der Waals surface area (Å²) in [5.74, 6) is -0.259. The number of allylic oxidation sites excluding steroid dienone is 1. The van der Waals surface area contributed by atoms with Crippen LogP contribution in [-0.2, 0) is 13.1 Å². The lowest BCUT2D eigenvalue weighted by Gasteiger charge is -2.31. The molecule has 3 heterocycles. The molecule has 7 heteroatoms. The van der Waals surface area contributed by atoms with Gasteiger partial charge < -0.3 is 10.2 Å². The number of benzene rings is 1. The molecule has 1 unspecified atom stereocenters. The maximum absolute atomic E-state index is 13.4. The first-order valence-corrected chi connectivity index (χ1v) is 8.90. The number of fused-ring (bicyclic) bond motifs is 1. The van der Waals surface area contributed by atoms with Gasteiger partial charge in [0, 0.05) is 30.9 Å². The molecule has 2 aliphatic rings. The van der Waals surface area contributed by atoms with E-state index in [0.29, 0.717) is 0 Å². The predicted octanol–water partition coefficient (Wildman–Crippen LogP) is 2.06. The average molecular weight is 354 g/mol. The SMILES string of the molecule is CC(C)N1C=CC(c2c(-c3ccc(F)cc3)nn3c2CNCC3)=NC1N. The minimum absolute atomic E-state index is 0.259. The van der Waals surface area contributed by atoms with Crippen LogP contribution in [0.15, 0.2) is 41.5 Å². The number of aliphatic imine (C=N–C) groups is 1. The van der Waals surface area contributed by atoms with Crippen LogP contribution in [0.25, 0.3) is 11.3 Å². The number of rotatable bonds is 3. The van der Waals surface area contributed by atoms with Crippen molar-refractivity contribution in [3.05, 3.63) is 53.6 Å². The summed E-state index contributed by atoms with van der Waals surface area (Å²) in [6, 6.07) is 6.70. The molecule has 0 fully saturated rings. The zero-order valence-electron chi connectivity index (χ0n) is 15.0. The Labute approximate surface area is 152 Å². The van der Waals surface area contributed by atoms with E-state index in [2.05, 4.69) is 19.2 Å². The quantitative estimate of drug-likeness (QED) is 0.885. The van der Waals surface area contributed by atoms with E-state index in [-0.39, 0.29) is 11.9 Å². The summed E-state index contributed by atoms with van der Waals surface area (Å²) in [5, 5.41) is 8.18. The fourth-order valence-electron chi connectivity index (χ4n) is 3.45. The zero-order chi connectivity index (χ0) is 18.3. The number of nitrogens with zero attached hydrogens (tertiary/aromatic N) is 4. The number of hydrogen-bond acceptors (Lipinski definition) is 5. The molecule has 0 saturated heterocycles. The third-order valence-electron chi connectivity index (χ3n) is 4.80. The van der Waals surface area contributed by atoms with Gasteiger partial charge in [-0.1, -0.05) is 0 Å². The van der Waals surface area contributed by atoms with Crippen molar-refractivity contribution >= 4 is 5.71 Å². The Bertz CT molecular complexity index is 865. The molecule has 26 heavy (non-hydrogen) atoms. The Morgan fingerprint density at radius 1 is 1.27 bits per heavy atom. The number of hydrogen-bond donors (Lipinski definition) is 2. The topological polar surface area (TPSA) is 71.5 Å². The first kappa shape index (κ1) is 16.9. The molecule has 136 valence electrons. The van der Waals surface area contributed by atoms with Gasteiger partial charge in [-0.2, -0.15) is 5.10 Å². The van der Waals surface area contributed by atoms with E-state index in [0.717, 1.165) is 47.9 Å². The van der Waals surface area contributed by atoms with Crippen molar-refractivity contribution in [3.63, 3.8) is 0 Å². The van der Waals surface area contributed by atoms with Gasteiger partial charge in [0.2, 0.25) is 0 Å². The summed E-state index contributed by atoms with van der Waals surface area (Å²) < 4.78 is 15.4. The third kappa shape index (κ3) is 2.93. The maximum atomic E-state index is 13.4. The van der Waals surface area contributed by atoms with Crippen LogP contribution in [0.5, 0.6) is 0 Å². The van der Waals surface area contributed by atoms with Crippen molar-refractivity contribution in [1.29, 1.82) is 0 Å². The maximum Gasteiger partial charge on any atom is 0.174 e. The molecular formula is C19H23FN6. The number of nitrogens with two attached hydrogens (primary N) is 1. The monoisotopic (exact) mass is 354 g/mol. The van der Waals surface area contributed by atoms with E-state index in [1.165, 1.54) is 12.1 Å². The highest BCUT2D eigenvalue weighted by Crippen LogP contribution is 2.29. The van der Waals surface area contributed by atoms with Crippen molar-refractivity contribution in [2.45, 2.75) is 39.3 Å². The summed E-state index contributed by atoms with van der Waals surface area (Å²) in [6.07, 6.45) is 3.55. The third-order valence-corrected chi connectivity index (χ3v) is 4.80. The molecule has 0 aliphatic carbocycles. The molecular weight excluding hydrogens is 331 g/mol. The second kappa shape index (κ2) is 6.66. The van der Waals surface area contributed by atoms with Crippen LogP contribution in [0.2, 0.25) is 0 Å². The highest BCUT2D eigenvalue weighted by Gasteiger charge is 2.26. The van der Waals surface area contributed by atoms with Crippen LogP contribution in [0, 0.1) is 5.82 Å². The standard InChI is InChI=1S/C19H23FN6/c1-12(2)25-9-7-15(23-19(25)21)17-16-11-22-8-10-26(16)24-18(17)13-3-5-14(20)6-4-13/h3-7,9,12,19,22H,8,10-11,21H2,1-2H3. The van der Waals surface area contributed by atoms with Gasteiger partial charge in [0.05, 0.1) is 23.5 Å². The fraction of sp³-hybridized carbons (Fsp3) is 0.368. The molecule has 1 aromatic carbocycles. The largest absolute Gasteiger partial charge is 0.342 e. The van der Waals surface area contributed by atoms with Crippen molar-refractivity contribution in [1.82, 2.24) is 20.0 Å². The van der Waals surface area contributed by atoms with E-state index in [4.69, 9.17) is 15.8 Å². The zero-order valence-corrected chi connectivity index (χ0v) is 15.0. The predicted molar refractivity (Wildman–Crippen MR) is 100.0 cm³/mol. The van der Waals surface area contributed by atoms with Crippen LogP contribution >= 0.6 is 0 Å². The lowest BCUT2D eigenvalue weighted by atomic mass is 10.00.